The van der Waals surface area contributed by atoms with Crippen LogP contribution in [0.25, 0.3) is 0 Å². The average Bonchev–Trinajstić information content (AvgIpc) is 2.77. The Balaban J connectivity index is 1.94. The van der Waals surface area contributed by atoms with Crippen molar-refractivity contribution in [1.29, 1.82) is 0 Å². The molecular weight excluding hydrogens is 206 g/mol. The monoisotopic (exact) mass is 227 g/mol. The molecule has 0 saturated carbocycles. The van der Waals surface area contributed by atoms with Crippen molar-refractivity contribution < 1.29 is 9.53 Å². The quantitative estimate of drug-likeness (QED) is 0.690. The van der Waals surface area contributed by atoms with E-state index >= 15 is 0 Å². The molecule has 2 N–H and O–H groups in total. The molecule has 2 saturated heterocycles. The minimum atomic E-state index is -0.150. The van der Waals surface area contributed by atoms with E-state index in [0.29, 0.717) is 12.6 Å². The van der Waals surface area contributed by atoms with Gasteiger partial charge in [-0.3, -0.25) is 9.69 Å². The Bertz CT molecular complexity index is 254. The maximum atomic E-state index is 11.9. The SMILES string of the molecule is CN1CCN(CC2CCCO2)C(CN)C1=O. The van der Waals surface area contributed by atoms with E-state index in [2.05, 4.69) is 4.90 Å². The first-order valence-electron chi connectivity index (χ1n) is 6.03. The zero-order valence-corrected chi connectivity index (χ0v) is 9.89. The maximum Gasteiger partial charge on any atom is 0.241 e. The molecule has 2 heterocycles. The van der Waals surface area contributed by atoms with Crippen molar-refractivity contribution in [2.24, 2.45) is 5.73 Å². The summed E-state index contributed by atoms with van der Waals surface area (Å²) in [5.74, 6) is 0.145. The summed E-state index contributed by atoms with van der Waals surface area (Å²) in [6.07, 6.45) is 2.54. The average molecular weight is 227 g/mol. The summed E-state index contributed by atoms with van der Waals surface area (Å²) in [5, 5.41) is 0. The van der Waals surface area contributed by atoms with Crippen LogP contribution in [-0.4, -0.2) is 67.7 Å². The summed E-state index contributed by atoms with van der Waals surface area (Å²) in [7, 11) is 1.84. The van der Waals surface area contributed by atoms with E-state index in [1.165, 1.54) is 0 Å². The first-order chi connectivity index (χ1) is 7.72. The summed E-state index contributed by atoms with van der Waals surface area (Å²) in [5.41, 5.74) is 5.69. The second-order valence-corrected chi connectivity index (χ2v) is 4.64. The van der Waals surface area contributed by atoms with Gasteiger partial charge in [0.1, 0.15) is 6.04 Å². The van der Waals surface area contributed by atoms with E-state index in [1.807, 2.05) is 7.05 Å². The molecule has 16 heavy (non-hydrogen) atoms. The van der Waals surface area contributed by atoms with Crippen molar-refractivity contribution in [3.63, 3.8) is 0 Å². The van der Waals surface area contributed by atoms with E-state index in [4.69, 9.17) is 10.5 Å². The third kappa shape index (κ3) is 2.36. The normalized spacial score (nSPS) is 32.4. The molecule has 0 radical (unpaired) electrons. The van der Waals surface area contributed by atoms with Crippen LogP contribution in [0.4, 0.5) is 0 Å². The molecule has 0 aromatic rings. The highest BCUT2D eigenvalue weighted by Gasteiger charge is 2.33. The van der Waals surface area contributed by atoms with Crippen molar-refractivity contribution in [1.82, 2.24) is 9.80 Å². The predicted octanol–water partition coefficient (Wildman–Crippen LogP) is -0.733. The number of hydrogen-bond acceptors (Lipinski definition) is 4. The second-order valence-electron chi connectivity index (χ2n) is 4.64. The fourth-order valence-electron chi connectivity index (χ4n) is 2.47. The Morgan fingerprint density at radius 1 is 1.50 bits per heavy atom. The minimum Gasteiger partial charge on any atom is -0.377 e. The Hall–Kier alpha value is -0.650. The molecule has 2 aliphatic heterocycles. The van der Waals surface area contributed by atoms with Crippen LogP contribution in [0.3, 0.4) is 0 Å². The number of amides is 1. The van der Waals surface area contributed by atoms with Crippen molar-refractivity contribution in [2.45, 2.75) is 25.0 Å². The number of carbonyl (C=O) groups is 1. The van der Waals surface area contributed by atoms with Crippen LogP contribution in [0, 0.1) is 0 Å². The van der Waals surface area contributed by atoms with Crippen LogP contribution in [-0.2, 0) is 9.53 Å². The number of rotatable bonds is 3. The van der Waals surface area contributed by atoms with Gasteiger partial charge in [-0.05, 0) is 12.8 Å². The van der Waals surface area contributed by atoms with Crippen molar-refractivity contribution >= 4 is 5.91 Å². The number of ether oxygens (including phenoxy) is 1. The summed E-state index contributed by atoms with van der Waals surface area (Å²) < 4.78 is 5.60. The van der Waals surface area contributed by atoms with Gasteiger partial charge in [0.2, 0.25) is 5.91 Å². The molecule has 0 bridgehead atoms. The summed E-state index contributed by atoms with van der Waals surface area (Å²) in [6.45, 7) is 3.81. The lowest BCUT2D eigenvalue weighted by Gasteiger charge is -2.39. The van der Waals surface area contributed by atoms with E-state index in [1.54, 1.807) is 4.90 Å². The smallest absolute Gasteiger partial charge is 0.241 e. The van der Waals surface area contributed by atoms with Gasteiger partial charge in [0.25, 0.3) is 0 Å². The molecule has 0 aromatic heterocycles. The zero-order valence-electron chi connectivity index (χ0n) is 9.89. The van der Waals surface area contributed by atoms with Gasteiger partial charge < -0.3 is 15.4 Å². The minimum absolute atomic E-state index is 0.145. The third-order valence-electron chi connectivity index (χ3n) is 3.51. The zero-order chi connectivity index (χ0) is 11.5. The number of nitrogens with zero attached hydrogens (tertiary/aromatic N) is 2. The highest BCUT2D eigenvalue weighted by atomic mass is 16.5. The summed E-state index contributed by atoms with van der Waals surface area (Å²) in [4.78, 5) is 15.9. The van der Waals surface area contributed by atoms with E-state index < -0.39 is 0 Å². The van der Waals surface area contributed by atoms with Crippen LogP contribution in [0.2, 0.25) is 0 Å². The molecular formula is C11H21N3O2. The Morgan fingerprint density at radius 2 is 2.31 bits per heavy atom. The largest absolute Gasteiger partial charge is 0.377 e. The molecule has 2 aliphatic rings. The lowest BCUT2D eigenvalue weighted by atomic mass is 10.1. The van der Waals surface area contributed by atoms with Crippen molar-refractivity contribution in [3.05, 3.63) is 0 Å². The molecule has 0 spiro atoms. The fourth-order valence-corrected chi connectivity index (χ4v) is 2.47. The molecule has 5 heteroatoms. The van der Waals surface area contributed by atoms with E-state index in [-0.39, 0.29) is 11.9 Å². The highest BCUT2D eigenvalue weighted by molar-refractivity contribution is 5.82. The van der Waals surface area contributed by atoms with Crippen molar-refractivity contribution in [2.75, 3.05) is 39.8 Å². The molecule has 2 unspecified atom stereocenters. The molecule has 1 amide bonds. The lowest BCUT2D eigenvalue weighted by molar-refractivity contribution is -0.140. The summed E-state index contributed by atoms with van der Waals surface area (Å²) >= 11 is 0. The van der Waals surface area contributed by atoms with Gasteiger partial charge in [-0.15, -0.1) is 0 Å². The fraction of sp³-hybridized carbons (Fsp3) is 0.909. The summed E-state index contributed by atoms with van der Waals surface area (Å²) in [6, 6.07) is -0.150. The number of carbonyl (C=O) groups excluding carboxylic acids is 1. The molecule has 2 atom stereocenters. The molecule has 92 valence electrons. The topological polar surface area (TPSA) is 58.8 Å². The second kappa shape index (κ2) is 5.12. The van der Waals surface area contributed by atoms with Gasteiger partial charge in [-0.25, -0.2) is 0 Å². The van der Waals surface area contributed by atoms with Gasteiger partial charge in [-0.2, -0.15) is 0 Å². The predicted molar refractivity (Wildman–Crippen MR) is 61.0 cm³/mol. The Labute approximate surface area is 96.5 Å². The molecule has 0 aromatic carbocycles. The van der Waals surface area contributed by atoms with E-state index in [0.717, 1.165) is 39.1 Å². The molecule has 0 aliphatic carbocycles. The maximum absolute atomic E-state index is 11.9. The first-order valence-corrected chi connectivity index (χ1v) is 6.03. The van der Waals surface area contributed by atoms with Gasteiger partial charge >= 0.3 is 0 Å². The van der Waals surface area contributed by atoms with Crippen LogP contribution < -0.4 is 5.73 Å². The van der Waals surface area contributed by atoms with Crippen molar-refractivity contribution in [3.8, 4) is 0 Å². The highest BCUT2D eigenvalue weighted by Crippen LogP contribution is 2.17. The van der Waals surface area contributed by atoms with Crippen LogP contribution in [0.1, 0.15) is 12.8 Å². The Kier molecular flexibility index (Phi) is 3.78. The standard InChI is InChI=1S/C11H21N3O2/c1-13-4-5-14(10(7-12)11(13)15)8-9-3-2-6-16-9/h9-10H,2-8,12H2,1H3. The van der Waals surface area contributed by atoms with Gasteiger partial charge in [0, 0.05) is 39.8 Å². The number of hydrogen-bond donors (Lipinski definition) is 1. The van der Waals surface area contributed by atoms with Gasteiger partial charge in [0.05, 0.1) is 6.10 Å². The number of piperazine rings is 1. The Morgan fingerprint density at radius 3 is 2.94 bits per heavy atom. The molecule has 2 fully saturated rings. The van der Waals surface area contributed by atoms with Gasteiger partial charge in [0.15, 0.2) is 0 Å². The van der Waals surface area contributed by atoms with Crippen LogP contribution in [0.15, 0.2) is 0 Å². The lowest BCUT2D eigenvalue weighted by Crippen LogP contribution is -2.59. The molecule has 5 nitrogen and oxygen atoms in total. The van der Waals surface area contributed by atoms with Crippen LogP contribution >= 0.6 is 0 Å². The van der Waals surface area contributed by atoms with E-state index in [9.17, 15) is 4.79 Å². The van der Waals surface area contributed by atoms with Gasteiger partial charge in [-0.1, -0.05) is 0 Å². The first kappa shape index (κ1) is 11.8. The third-order valence-corrected chi connectivity index (χ3v) is 3.51. The number of nitrogens with two attached hydrogens (primary N) is 1. The number of likely N-dealkylation sites (N-methyl/N-ethyl adjacent to an activating group) is 1. The van der Waals surface area contributed by atoms with Crippen LogP contribution in [0.5, 0.6) is 0 Å². The molecule has 2 rings (SSSR count).